The highest BCUT2D eigenvalue weighted by atomic mass is 19.2. The van der Waals surface area contributed by atoms with E-state index in [1.54, 1.807) is 13.2 Å². The molecule has 0 unspecified atom stereocenters. The molecule has 0 aliphatic heterocycles. The number of fused-ring (bicyclic) bond motifs is 1. The number of nitrogens with zero attached hydrogens (tertiary/aromatic N) is 4. The van der Waals surface area contributed by atoms with Gasteiger partial charge in [-0.15, -0.1) is 0 Å². The number of benzene rings is 1. The first-order valence-corrected chi connectivity index (χ1v) is 11.2. The summed E-state index contributed by atoms with van der Waals surface area (Å²) in [5, 5.41) is 4.04. The zero-order chi connectivity index (χ0) is 23.1. The first-order valence-electron chi connectivity index (χ1n) is 11.2. The van der Waals surface area contributed by atoms with Crippen molar-refractivity contribution in [1.29, 1.82) is 0 Å². The lowest BCUT2D eigenvalue weighted by atomic mass is 9.92. The predicted molar refractivity (Wildman–Crippen MR) is 120 cm³/mol. The molecule has 0 N–H and O–H groups in total. The summed E-state index contributed by atoms with van der Waals surface area (Å²) in [5.74, 6) is -0.204. The van der Waals surface area contributed by atoms with Gasteiger partial charge in [-0.3, -0.25) is 0 Å². The molecule has 0 radical (unpaired) electrons. The number of pyridine rings is 1. The fourth-order valence-corrected chi connectivity index (χ4v) is 4.92. The molecule has 4 aromatic rings. The zero-order valence-corrected chi connectivity index (χ0v) is 18.9. The minimum absolute atomic E-state index is 0.244. The van der Waals surface area contributed by atoms with Gasteiger partial charge < -0.3 is 13.8 Å². The van der Waals surface area contributed by atoms with Gasteiger partial charge in [0.1, 0.15) is 11.6 Å². The Balaban J connectivity index is 1.59. The third-order valence-corrected chi connectivity index (χ3v) is 6.61. The van der Waals surface area contributed by atoms with Crippen LogP contribution >= 0.6 is 0 Å². The molecule has 1 aromatic carbocycles. The Morgan fingerprint density at radius 3 is 2.48 bits per heavy atom. The van der Waals surface area contributed by atoms with Crippen molar-refractivity contribution in [2.24, 2.45) is 0 Å². The number of ether oxygens (including phenoxy) is 1. The second-order valence-corrected chi connectivity index (χ2v) is 8.73. The van der Waals surface area contributed by atoms with Crippen molar-refractivity contribution in [3.8, 4) is 11.3 Å². The predicted octanol–water partition coefficient (Wildman–Crippen LogP) is 5.70. The van der Waals surface area contributed by atoms with Crippen molar-refractivity contribution >= 4 is 11.2 Å². The fraction of sp³-hybridized carbons (Fsp3) is 0.400. The third kappa shape index (κ3) is 4.04. The van der Waals surface area contributed by atoms with E-state index in [1.807, 2.05) is 26.0 Å². The van der Waals surface area contributed by atoms with Crippen LogP contribution in [0.15, 0.2) is 34.9 Å². The summed E-state index contributed by atoms with van der Waals surface area (Å²) in [6.07, 6.45) is 4.51. The van der Waals surface area contributed by atoms with Crippen LogP contribution in [0.2, 0.25) is 0 Å². The molecular weight excluding hydrogens is 426 g/mol. The number of halogens is 2. The molecule has 33 heavy (non-hydrogen) atoms. The van der Waals surface area contributed by atoms with Gasteiger partial charge in [0.15, 0.2) is 17.3 Å². The first kappa shape index (κ1) is 21.7. The summed E-state index contributed by atoms with van der Waals surface area (Å²) in [4.78, 5) is 9.69. The molecule has 5 rings (SSSR count). The molecule has 0 saturated heterocycles. The Labute approximate surface area is 190 Å². The summed E-state index contributed by atoms with van der Waals surface area (Å²) in [5.41, 5.74) is 4.63. The summed E-state index contributed by atoms with van der Waals surface area (Å²) >= 11 is 0. The lowest BCUT2D eigenvalue weighted by Gasteiger charge is -2.30. The number of hydrogen-bond acceptors (Lipinski definition) is 5. The molecule has 1 aliphatic carbocycles. The molecule has 0 atom stereocenters. The van der Waals surface area contributed by atoms with E-state index in [9.17, 15) is 8.78 Å². The molecule has 172 valence electrons. The Hall–Kier alpha value is -3.13. The SMILES string of the molecule is COC1CCC(n2c(Cc3ccc(F)c(F)c3)nc3nc(-c4c(C)noc4C)ccc32)CC1. The number of aryl methyl sites for hydroxylation is 2. The van der Waals surface area contributed by atoms with Crippen LogP contribution in [0.1, 0.15) is 54.6 Å². The van der Waals surface area contributed by atoms with Crippen LogP contribution in [0.4, 0.5) is 8.78 Å². The average Bonchev–Trinajstić information content (AvgIpc) is 3.34. The third-order valence-electron chi connectivity index (χ3n) is 6.61. The highest BCUT2D eigenvalue weighted by Gasteiger charge is 2.27. The molecule has 0 spiro atoms. The lowest BCUT2D eigenvalue weighted by molar-refractivity contribution is 0.0586. The van der Waals surface area contributed by atoms with Gasteiger partial charge in [-0.1, -0.05) is 11.2 Å². The maximum absolute atomic E-state index is 13.9. The van der Waals surface area contributed by atoms with Crippen molar-refractivity contribution in [2.75, 3.05) is 7.11 Å². The molecular formula is C25H26F2N4O2. The van der Waals surface area contributed by atoms with Crippen LogP contribution < -0.4 is 0 Å². The van der Waals surface area contributed by atoms with Crippen LogP contribution in [0, 0.1) is 25.5 Å². The number of methoxy groups -OCH3 is 1. The van der Waals surface area contributed by atoms with Gasteiger partial charge in [-0.2, -0.15) is 0 Å². The second kappa shape index (κ2) is 8.67. The maximum atomic E-state index is 13.9. The number of imidazole rings is 1. The van der Waals surface area contributed by atoms with E-state index < -0.39 is 11.6 Å². The lowest BCUT2D eigenvalue weighted by Crippen LogP contribution is -2.23. The first-order chi connectivity index (χ1) is 15.9. The van der Waals surface area contributed by atoms with Crippen molar-refractivity contribution in [3.63, 3.8) is 0 Å². The molecule has 0 amide bonds. The van der Waals surface area contributed by atoms with Crippen molar-refractivity contribution < 1.29 is 18.0 Å². The van der Waals surface area contributed by atoms with Crippen LogP contribution in [0.3, 0.4) is 0 Å². The van der Waals surface area contributed by atoms with Gasteiger partial charge in [0.25, 0.3) is 0 Å². The van der Waals surface area contributed by atoms with E-state index in [0.29, 0.717) is 23.4 Å². The average molecular weight is 453 g/mol. The number of hydrogen-bond donors (Lipinski definition) is 0. The topological polar surface area (TPSA) is 66.0 Å². The standard InChI is InChI=1S/C25H26F2N4O2/c1-14-24(15(2)33-30-14)21-10-11-22-25(28-21)29-23(13-16-4-9-19(26)20(27)12-16)31(22)17-5-7-18(32-3)8-6-17/h4,9-12,17-18H,5-8,13H2,1-3H3. The minimum Gasteiger partial charge on any atom is -0.381 e. The molecule has 1 fully saturated rings. The molecule has 8 heteroatoms. The van der Waals surface area contributed by atoms with Crippen molar-refractivity contribution in [2.45, 2.75) is 58.1 Å². The van der Waals surface area contributed by atoms with E-state index in [0.717, 1.165) is 60.0 Å². The summed E-state index contributed by atoms with van der Waals surface area (Å²) in [6, 6.07) is 8.25. The van der Waals surface area contributed by atoms with Gasteiger partial charge in [0.05, 0.1) is 28.6 Å². The molecule has 1 aliphatic rings. The van der Waals surface area contributed by atoms with E-state index in [4.69, 9.17) is 19.2 Å². The highest BCUT2D eigenvalue weighted by Crippen LogP contribution is 2.35. The largest absolute Gasteiger partial charge is 0.381 e. The Bertz CT molecular complexity index is 1290. The highest BCUT2D eigenvalue weighted by molar-refractivity contribution is 5.77. The number of aromatic nitrogens is 4. The quantitative estimate of drug-likeness (QED) is 0.388. The van der Waals surface area contributed by atoms with Gasteiger partial charge >= 0.3 is 0 Å². The van der Waals surface area contributed by atoms with Gasteiger partial charge in [0, 0.05) is 19.6 Å². The Kier molecular flexibility index (Phi) is 5.70. The van der Waals surface area contributed by atoms with E-state index in [1.165, 1.54) is 6.07 Å². The van der Waals surface area contributed by atoms with E-state index in [2.05, 4.69) is 9.72 Å². The fourth-order valence-electron chi connectivity index (χ4n) is 4.92. The monoisotopic (exact) mass is 452 g/mol. The zero-order valence-electron chi connectivity index (χ0n) is 18.9. The summed E-state index contributed by atoms with van der Waals surface area (Å²) in [7, 11) is 1.76. The minimum atomic E-state index is -0.852. The maximum Gasteiger partial charge on any atom is 0.178 e. The smallest absolute Gasteiger partial charge is 0.178 e. The van der Waals surface area contributed by atoms with Gasteiger partial charge in [0.2, 0.25) is 0 Å². The molecule has 3 heterocycles. The van der Waals surface area contributed by atoms with Crippen molar-refractivity contribution in [1.82, 2.24) is 19.7 Å². The molecule has 1 saturated carbocycles. The van der Waals surface area contributed by atoms with Gasteiger partial charge in [-0.05, 0) is 69.4 Å². The number of rotatable bonds is 5. The van der Waals surface area contributed by atoms with Gasteiger partial charge in [-0.25, -0.2) is 18.7 Å². The Morgan fingerprint density at radius 1 is 1.03 bits per heavy atom. The molecule has 0 bridgehead atoms. The van der Waals surface area contributed by atoms with Crippen LogP contribution in [-0.2, 0) is 11.2 Å². The molecule has 3 aromatic heterocycles. The normalized spacial score (nSPS) is 18.8. The van der Waals surface area contributed by atoms with Crippen LogP contribution in [0.5, 0.6) is 0 Å². The summed E-state index contributed by atoms with van der Waals surface area (Å²) < 4.78 is 40.4. The Morgan fingerprint density at radius 2 is 1.82 bits per heavy atom. The molecule has 6 nitrogen and oxygen atoms in total. The second-order valence-electron chi connectivity index (χ2n) is 8.73. The van der Waals surface area contributed by atoms with Crippen LogP contribution in [0.25, 0.3) is 22.4 Å². The van der Waals surface area contributed by atoms with E-state index in [-0.39, 0.29) is 12.1 Å². The van der Waals surface area contributed by atoms with E-state index >= 15 is 0 Å². The summed E-state index contributed by atoms with van der Waals surface area (Å²) in [6.45, 7) is 3.75. The van der Waals surface area contributed by atoms with Crippen LogP contribution in [-0.4, -0.2) is 32.9 Å². The van der Waals surface area contributed by atoms with Crippen molar-refractivity contribution in [3.05, 3.63) is 64.8 Å².